The molecule has 2 aromatic carbocycles. The molecular formula is C30H25N7O. The van der Waals surface area contributed by atoms with Crippen molar-refractivity contribution in [2.45, 2.75) is 19.9 Å². The van der Waals surface area contributed by atoms with Crippen LogP contribution >= 0.6 is 0 Å². The predicted octanol–water partition coefficient (Wildman–Crippen LogP) is 5.45. The zero-order chi connectivity index (χ0) is 26.2. The SMILES string of the molecule is Cc1cc(-c2cccc3cc(C(C)Nc4nc(N)nc5cccnc45)n(-c4ccccc4)c(=O)c23)ccn1. The molecule has 6 aromatic rings. The van der Waals surface area contributed by atoms with Crippen LogP contribution in [0.3, 0.4) is 0 Å². The molecule has 1 unspecified atom stereocenters. The van der Waals surface area contributed by atoms with Gasteiger partial charge in [0.2, 0.25) is 5.95 Å². The molecular weight excluding hydrogens is 474 g/mol. The summed E-state index contributed by atoms with van der Waals surface area (Å²) in [6.07, 6.45) is 3.46. The molecule has 0 amide bonds. The van der Waals surface area contributed by atoms with Gasteiger partial charge in [-0.25, -0.2) is 4.98 Å². The molecule has 38 heavy (non-hydrogen) atoms. The van der Waals surface area contributed by atoms with Gasteiger partial charge in [0.05, 0.1) is 16.9 Å². The number of nitrogen functional groups attached to an aromatic ring is 1. The largest absolute Gasteiger partial charge is 0.368 e. The van der Waals surface area contributed by atoms with Gasteiger partial charge in [-0.3, -0.25) is 19.3 Å². The lowest BCUT2D eigenvalue weighted by Crippen LogP contribution is -2.26. The zero-order valence-corrected chi connectivity index (χ0v) is 21.0. The first-order chi connectivity index (χ1) is 18.5. The Bertz CT molecular complexity index is 1870. The van der Waals surface area contributed by atoms with Gasteiger partial charge in [0, 0.05) is 29.5 Å². The van der Waals surface area contributed by atoms with Gasteiger partial charge in [-0.05, 0) is 72.8 Å². The third-order valence-corrected chi connectivity index (χ3v) is 6.57. The second kappa shape index (κ2) is 9.40. The van der Waals surface area contributed by atoms with E-state index in [9.17, 15) is 4.79 Å². The third-order valence-electron chi connectivity index (χ3n) is 6.57. The fraction of sp³-hybridized carbons (Fsp3) is 0.100. The van der Waals surface area contributed by atoms with Crippen molar-refractivity contribution < 1.29 is 0 Å². The topological polar surface area (TPSA) is 112 Å². The van der Waals surface area contributed by atoms with Crippen LogP contribution in [0.4, 0.5) is 11.8 Å². The highest BCUT2D eigenvalue weighted by Crippen LogP contribution is 2.31. The van der Waals surface area contributed by atoms with E-state index in [1.165, 1.54) is 0 Å². The van der Waals surface area contributed by atoms with E-state index in [-0.39, 0.29) is 17.5 Å². The fourth-order valence-electron chi connectivity index (χ4n) is 4.86. The average Bonchev–Trinajstić information content (AvgIpc) is 2.93. The van der Waals surface area contributed by atoms with Crippen LogP contribution in [0.1, 0.15) is 24.4 Å². The van der Waals surface area contributed by atoms with Crippen LogP contribution in [0, 0.1) is 6.92 Å². The summed E-state index contributed by atoms with van der Waals surface area (Å²) in [5, 5.41) is 4.94. The molecule has 8 heteroatoms. The minimum Gasteiger partial charge on any atom is -0.368 e. The first kappa shape index (κ1) is 23.3. The predicted molar refractivity (Wildman–Crippen MR) is 151 cm³/mol. The summed E-state index contributed by atoms with van der Waals surface area (Å²) in [6.45, 7) is 3.93. The van der Waals surface area contributed by atoms with E-state index in [1.54, 1.807) is 23.0 Å². The monoisotopic (exact) mass is 499 g/mol. The minimum atomic E-state index is -0.321. The fourth-order valence-corrected chi connectivity index (χ4v) is 4.86. The Morgan fingerprint density at radius 2 is 1.74 bits per heavy atom. The summed E-state index contributed by atoms with van der Waals surface area (Å²) >= 11 is 0. The number of fused-ring (bicyclic) bond motifs is 2. The van der Waals surface area contributed by atoms with Crippen molar-refractivity contribution in [3.8, 4) is 16.8 Å². The van der Waals surface area contributed by atoms with Gasteiger partial charge in [-0.2, -0.15) is 4.98 Å². The van der Waals surface area contributed by atoms with E-state index in [0.717, 1.165) is 33.6 Å². The van der Waals surface area contributed by atoms with Crippen LogP contribution in [0.25, 0.3) is 38.6 Å². The lowest BCUT2D eigenvalue weighted by atomic mass is 9.98. The standard InChI is InChI=1S/C30H25N7O/c1-18-16-20(13-15-32-18)23-11-6-8-21-17-25(37(29(38)26(21)23)22-9-4-3-5-10-22)19(2)34-28-27-24(12-7-14-33-27)35-30(31)36-28/h3-17,19H,1-2H3,(H3,31,34,35,36). The van der Waals surface area contributed by atoms with Gasteiger partial charge in [0.15, 0.2) is 5.82 Å². The molecule has 0 saturated carbocycles. The van der Waals surface area contributed by atoms with E-state index in [2.05, 4.69) is 31.3 Å². The van der Waals surface area contributed by atoms with E-state index < -0.39 is 0 Å². The normalized spacial score (nSPS) is 12.1. The number of aryl methyl sites for hydroxylation is 1. The molecule has 3 N–H and O–H groups in total. The van der Waals surface area contributed by atoms with Crippen molar-refractivity contribution in [2.75, 3.05) is 11.1 Å². The Balaban J connectivity index is 1.57. The van der Waals surface area contributed by atoms with Crippen molar-refractivity contribution >= 4 is 33.6 Å². The summed E-state index contributed by atoms with van der Waals surface area (Å²) in [4.78, 5) is 31.8. The van der Waals surface area contributed by atoms with Gasteiger partial charge >= 0.3 is 0 Å². The van der Waals surface area contributed by atoms with E-state index in [0.29, 0.717) is 22.2 Å². The molecule has 0 fully saturated rings. The number of pyridine rings is 3. The molecule has 0 saturated heterocycles. The number of anilines is 2. The summed E-state index contributed by atoms with van der Waals surface area (Å²) < 4.78 is 1.76. The number of nitrogens with zero attached hydrogens (tertiary/aromatic N) is 5. The first-order valence-electron chi connectivity index (χ1n) is 12.3. The molecule has 8 nitrogen and oxygen atoms in total. The summed E-state index contributed by atoms with van der Waals surface area (Å²) in [7, 11) is 0. The minimum absolute atomic E-state index is 0.104. The van der Waals surface area contributed by atoms with Crippen LogP contribution in [-0.2, 0) is 0 Å². The highest BCUT2D eigenvalue weighted by Gasteiger charge is 2.20. The molecule has 0 spiro atoms. The Morgan fingerprint density at radius 1 is 0.895 bits per heavy atom. The maximum absolute atomic E-state index is 14.3. The van der Waals surface area contributed by atoms with Gasteiger partial charge in [0.25, 0.3) is 5.56 Å². The van der Waals surface area contributed by atoms with Gasteiger partial charge in [0.1, 0.15) is 5.52 Å². The molecule has 0 aliphatic carbocycles. The average molecular weight is 500 g/mol. The molecule has 4 aromatic heterocycles. The number of nitrogens with two attached hydrogens (primary N) is 1. The van der Waals surface area contributed by atoms with Crippen molar-refractivity contribution in [1.29, 1.82) is 0 Å². The summed E-state index contributed by atoms with van der Waals surface area (Å²) in [6, 6.07) is 24.9. The highest BCUT2D eigenvalue weighted by atomic mass is 16.1. The Morgan fingerprint density at radius 3 is 2.55 bits per heavy atom. The van der Waals surface area contributed by atoms with Crippen molar-refractivity contribution in [3.05, 3.63) is 113 Å². The molecule has 186 valence electrons. The number of nitrogens with one attached hydrogen (secondary N) is 1. The van der Waals surface area contributed by atoms with Crippen LogP contribution in [0.2, 0.25) is 0 Å². The molecule has 0 aliphatic rings. The third kappa shape index (κ3) is 4.12. The number of rotatable bonds is 5. The quantitative estimate of drug-likeness (QED) is 0.324. The first-order valence-corrected chi connectivity index (χ1v) is 12.3. The van der Waals surface area contributed by atoms with Crippen LogP contribution in [0.15, 0.2) is 96.1 Å². The number of para-hydroxylation sites is 1. The number of hydrogen-bond acceptors (Lipinski definition) is 7. The van der Waals surface area contributed by atoms with Crippen LogP contribution in [0.5, 0.6) is 0 Å². The maximum Gasteiger partial charge on any atom is 0.263 e. The molecule has 4 heterocycles. The van der Waals surface area contributed by atoms with Gasteiger partial charge in [-0.15, -0.1) is 0 Å². The van der Waals surface area contributed by atoms with Gasteiger partial charge in [-0.1, -0.05) is 36.4 Å². The van der Waals surface area contributed by atoms with E-state index in [4.69, 9.17) is 5.73 Å². The number of hydrogen-bond donors (Lipinski definition) is 2. The smallest absolute Gasteiger partial charge is 0.263 e. The molecule has 1 atom stereocenters. The lowest BCUT2D eigenvalue weighted by molar-refractivity contribution is 0.774. The van der Waals surface area contributed by atoms with Gasteiger partial charge < -0.3 is 11.1 Å². The zero-order valence-electron chi connectivity index (χ0n) is 21.0. The second-order valence-electron chi connectivity index (χ2n) is 9.17. The van der Waals surface area contributed by atoms with Crippen LogP contribution < -0.4 is 16.6 Å². The maximum atomic E-state index is 14.3. The van der Waals surface area contributed by atoms with Crippen molar-refractivity contribution in [1.82, 2.24) is 24.5 Å². The van der Waals surface area contributed by atoms with E-state index in [1.807, 2.05) is 80.6 Å². The number of aromatic nitrogens is 5. The Kier molecular flexibility index (Phi) is 5.76. The molecule has 6 rings (SSSR count). The van der Waals surface area contributed by atoms with Crippen molar-refractivity contribution in [2.24, 2.45) is 0 Å². The Hall–Kier alpha value is -5.11. The lowest BCUT2D eigenvalue weighted by Gasteiger charge is -2.22. The van der Waals surface area contributed by atoms with Crippen molar-refractivity contribution in [3.63, 3.8) is 0 Å². The number of benzene rings is 2. The van der Waals surface area contributed by atoms with Crippen LogP contribution in [-0.4, -0.2) is 24.5 Å². The molecule has 0 radical (unpaired) electrons. The summed E-state index contributed by atoms with van der Waals surface area (Å²) in [5.74, 6) is 0.658. The molecule has 0 bridgehead atoms. The highest BCUT2D eigenvalue weighted by molar-refractivity contribution is 5.96. The molecule has 0 aliphatic heterocycles. The second-order valence-corrected chi connectivity index (χ2v) is 9.17. The summed E-state index contributed by atoms with van der Waals surface area (Å²) in [5.41, 5.74) is 11.4. The Labute approximate surface area is 218 Å². The van der Waals surface area contributed by atoms with E-state index >= 15 is 0 Å².